The number of ether oxygens (including phenoxy) is 1. The zero-order valence-corrected chi connectivity index (χ0v) is 14.5. The lowest BCUT2D eigenvalue weighted by molar-refractivity contribution is -0.192. The average molecular weight is 384 g/mol. The van der Waals surface area contributed by atoms with Crippen molar-refractivity contribution in [2.75, 3.05) is 6.61 Å². The second-order valence-electron chi connectivity index (χ2n) is 6.75. The lowest BCUT2D eigenvalue weighted by Crippen LogP contribution is -2.45. The van der Waals surface area contributed by atoms with Crippen molar-refractivity contribution in [3.8, 4) is 0 Å². The Morgan fingerprint density at radius 2 is 2.22 bits per heavy atom. The Morgan fingerprint density at radius 1 is 1.43 bits per heavy atom. The summed E-state index contributed by atoms with van der Waals surface area (Å²) in [6.45, 7) is 1.89. The second-order valence-corrected chi connectivity index (χ2v) is 7.67. The molecule has 0 radical (unpaired) electrons. The van der Waals surface area contributed by atoms with E-state index >= 15 is 0 Å². The van der Waals surface area contributed by atoms with Crippen LogP contribution in [0.5, 0.6) is 0 Å². The van der Waals surface area contributed by atoms with Gasteiger partial charge in [0, 0.05) is 29.3 Å². The smallest absolute Gasteiger partial charge is 0.243 e. The standard InChI is InChI=1S/C17H19BrFNO3/c1-10(21)20-17(15-7-12(18)2-5-16(15)19)8-14(23-13-3-4-13)6-11(17)9-22-20/h2,5,7,11,13-14H,3-4,6,8-9H2,1H3/t11-,14-,17-/m0/s1. The number of nitrogens with zero attached hydrogens (tertiary/aromatic N) is 1. The van der Waals surface area contributed by atoms with Gasteiger partial charge >= 0.3 is 0 Å². The van der Waals surface area contributed by atoms with Gasteiger partial charge in [-0.1, -0.05) is 15.9 Å². The Hall–Kier alpha value is -0.980. The minimum Gasteiger partial charge on any atom is -0.375 e. The maximum Gasteiger partial charge on any atom is 0.243 e. The summed E-state index contributed by atoms with van der Waals surface area (Å²) in [6, 6.07) is 4.88. The first kappa shape index (κ1) is 15.5. The molecule has 1 aromatic rings. The number of halogens is 2. The van der Waals surface area contributed by atoms with E-state index in [1.807, 2.05) is 0 Å². The molecule has 2 saturated carbocycles. The number of amides is 1. The molecule has 0 spiro atoms. The van der Waals surface area contributed by atoms with Crippen molar-refractivity contribution in [2.24, 2.45) is 5.92 Å². The predicted octanol–water partition coefficient (Wildman–Crippen LogP) is 3.53. The summed E-state index contributed by atoms with van der Waals surface area (Å²) < 4.78 is 21.5. The predicted molar refractivity (Wildman–Crippen MR) is 84.9 cm³/mol. The number of carbonyl (C=O) groups excluding carboxylic acids is 1. The zero-order chi connectivity index (χ0) is 16.2. The molecule has 6 heteroatoms. The fraction of sp³-hybridized carbons (Fsp3) is 0.588. The molecular formula is C17H19BrFNO3. The van der Waals surface area contributed by atoms with Crippen molar-refractivity contribution in [2.45, 2.75) is 50.4 Å². The zero-order valence-electron chi connectivity index (χ0n) is 12.9. The molecule has 4 nitrogen and oxygen atoms in total. The number of rotatable bonds is 3. The summed E-state index contributed by atoms with van der Waals surface area (Å²) in [5.41, 5.74) is -0.245. The van der Waals surface area contributed by atoms with Crippen LogP contribution in [0.25, 0.3) is 0 Å². The summed E-state index contributed by atoms with van der Waals surface area (Å²) >= 11 is 3.42. The Balaban J connectivity index is 1.77. The second kappa shape index (κ2) is 5.53. The number of hydrogen-bond donors (Lipinski definition) is 0. The van der Waals surface area contributed by atoms with Crippen molar-refractivity contribution in [1.82, 2.24) is 5.06 Å². The normalized spacial score (nSPS) is 33.1. The monoisotopic (exact) mass is 383 g/mol. The largest absolute Gasteiger partial charge is 0.375 e. The van der Waals surface area contributed by atoms with Crippen LogP contribution in [0.4, 0.5) is 4.39 Å². The Kier molecular flexibility index (Phi) is 3.74. The van der Waals surface area contributed by atoms with Gasteiger partial charge in [-0.05, 0) is 37.5 Å². The van der Waals surface area contributed by atoms with Crippen LogP contribution in [-0.2, 0) is 19.9 Å². The molecule has 3 atom stereocenters. The molecule has 3 fully saturated rings. The third-order valence-electron chi connectivity index (χ3n) is 5.12. The van der Waals surface area contributed by atoms with E-state index in [1.54, 1.807) is 12.1 Å². The van der Waals surface area contributed by atoms with Crippen LogP contribution < -0.4 is 0 Å². The van der Waals surface area contributed by atoms with Crippen LogP contribution in [0, 0.1) is 11.7 Å². The van der Waals surface area contributed by atoms with Gasteiger partial charge < -0.3 is 4.74 Å². The van der Waals surface area contributed by atoms with Crippen LogP contribution >= 0.6 is 15.9 Å². The lowest BCUT2D eigenvalue weighted by Gasteiger charge is -2.36. The van der Waals surface area contributed by atoms with Crippen LogP contribution in [0.3, 0.4) is 0 Å². The number of carbonyl (C=O) groups is 1. The summed E-state index contributed by atoms with van der Waals surface area (Å²) in [5.74, 6) is -0.445. The SMILES string of the molecule is CC(=O)N1OC[C@@H]2C[C@H](OC3CC3)C[C@@]21c1cc(Br)ccc1F. The van der Waals surface area contributed by atoms with Gasteiger partial charge in [0.25, 0.3) is 0 Å². The van der Waals surface area contributed by atoms with E-state index in [0.29, 0.717) is 24.7 Å². The molecule has 2 aliphatic carbocycles. The molecule has 1 aliphatic heterocycles. The van der Waals surface area contributed by atoms with Crippen molar-refractivity contribution in [3.63, 3.8) is 0 Å². The van der Waals surface area contributed by atoms with E-state index in [1.165, 1.54) is 18.1 Å². The Bertz CT molecular complexity index is 651. The molecule has 23 heavy (non-hydrogen) atoms. The molecule has 0 unspecified atom stereocenters. The Morgan fingerprint density at radius 3 is 2.91 bits per heavy atom. The summed E-state index contributed by atoms with van der Waals surface area (Å²) in [6.07, 6.45) is 3.98. The molecule has 1 heterocycles. The fourth-order valence-corrected chi connectivity index (χ4v) is 4.43. The van der Waals surface area contributed by atoms with Crippen molar-refractivity contribution in [3.05, 3.63) is 34.1 Å². The van der Waals surface area contributed by atoms with E-state index in [9.17, 15) is 9.18 Å². The van der Waals surface area contributed by atoms with Gasteiger partial charge in [-0.2, -0.15) is 0 Å². The van der Waals surface area contributed by atoms with Crippen molar-refractivity contribution < 1.29 is 18.8 Å². The highest BCUT2D eigenvalue weighted by Gasteiger charge is 2.60. The van der Waals surface area contributed by atoms with Crippen LogP contribution in [0.2, 0.25) is 0 Å². The first-order chi connectivity index (χ1) is 11.0. The van der Waals surface area contributed by atoms with Crippen LogP contribution in [0.1, 0.15) is 38.2 Å². The third-order valence-corrected chi connectivity index (χ3v) is 5.61. The van der Waals surface area contributed by atoms with E-state index in [0.717, 1.165) is 23.7 Å². The number of hydrogen-bond acceptors (Lipinski definition) is 3. The van der Waals surface area contributed by atoms with Crippen molar-refractivity contribution >= 4 is 21.8 Å². The van der Waals surface area contributed by atoms with Gasteiger partial charge in [-0.25, -0.2) is 9.45 Å². The molecule has 0 aromatic heterocycles. The third kappa shape index (κ3) is 2.51. The highest BCUT2D eigenvalue weighted by molar-refractivity contribution is 9.10. The van der Waals surface area contributed by atoms with E-state index in [4.69, 9.17) is 9.57 Å². The highest BCUT2D eigenvalue weighted by Crippen LogP contribution is 2.54. The van der Waals surface area contributed by atoms with Gasteiger partial charge in [-0.15, -0.1) is 0 Å². The number of fused-ring (bicyclic) bond motifs is 1. The minimum atomic E-state index is -0.765. The molecular weight excluding hydrogens is 365 g/mol. The summed E-state index contributed by atoms with van der Waals surface area (Å²) in [4.78, 5) is 17.8. The first-order valence-electron chi connectivity index (χ1n) is 8.05. The highest BCUT2D eigenvalue weighted by atomic mass is 79.9. The van der Waals surface area contributed by atoms with Gasteiger partial charge in [0.2, 0.25) is 5.91 Å². The van der Waals surface area contributed by atoms with Crippen LogP contribution in [-0.4, -0.2) is 29.8 Å². The van der Waals surface area contributed by atoms with Crippen molar-refractivity contribution in [1.29, 1.82) is 0 Å². The molecule has 1 aromatic carbocycles. The summed E-state index contributed by atoms with van der Waals surface area (Å²) in [5, 5.41) is 1.39. The molecule has 0 bridgehead atoms. The Labute approximate surface area is 143 Å². The average Bonchev–Trinajstić information content (AvgIpc) is 3.12. The van der Waals surface area contributed by atoms with Gasteiger partial charge in [0.05, 0.1) is 18.8 Å². The maximum atomic E-state index is 14.6. The molecule has 4 rings (SSSR count). The fourth-order valence-electron chi connectivity index (χ4n) is 4.06. The van der Waals surface area contributed by atoms with Gasteiger partial charge in [0.15, 0.2) is 0 Å². The van der Waals surface area contributed by atoms with Gasteiger partial charge in [-0.3, -0.25) is 9.63 Å². The number of hydroxylamine groups is 2. The molecule has 1 saturated heterocycles. The molecule has 1 amide bonds. The maximum absolute atomic E-state index is 14.6. The van der Waals surface area contributed by atoms with E-state index in [2.05, 4.69) is 15.9 Å². The molecule has 0 N–H and O–H groups in total. The molecule has 124 valence electrons. The quantitative estimate of drug-likeness (QED) is 0.801. The van der Waals surface area contributed by atoms with Gasteiger partial charge in [0.1, 0.15) is 11.4 Å². The number of benzene rings is 1. The molecule has 3 aliphatic rings. The topological polar surface area (TPSA) is 38.8 Å². The van der Waals surface area contributed by atoms with E-state index < -0.39 is 5.54 Å². The summed E-state index contributed by atoms with van der Waals surface area (Å²) in [7, 11) is 0. The minimum absolute atomic E-state index is 0.0524. The lowest BCUT2D eigenvalue weighted by atomic mass is 9.81. The van der Waals surface area contributed by atoms with E-state index in [-0.39, 0.29) is 23.7 Å². The van der Waals surface area contributed by atoms with Crippen LogP contribution in [0.15, 0.2) is 22.7 Å². The first-order valence-corrected chi connectivity index (χ1v) is 8.84.